The first-order valence-electron chi connectivity index (χ1n) is 5.54. The number of nitrogens with zero attached hydrogens (tertiary/aromatic N) is 1. The second kappa shape index (κ2) is 4.31. The van der Waals surface area contributed by atoms with E-state index in [2.05, 4.69) is 6.07 Å². The van der Waals surface area contributed by atoms with Crippen LogP contribution in [0.25, 0.3) is 0 Å². The molecule has 0 spiro atoms. The highest BCUT2D eigenvalue weighted by atomic mass is 32.2. The molecule has 0 aliphatic carbocycles. The maximum Gasteiger partial charge on any atom is 0.211 e. The van der Waals surface area contributed by atoms with Crippen molar-refractivity contribution in [2.24, 2.45) is 0 Å². The van der Waals surface area contributed by atoms with Crippen LogP contribution in [-0.2, 0) is 10.0 Å². The molecule has 0 radical (unpaired) electrons. The number of aryl methyl sites for hydroxylation is 2. The molecule has 0 N–H and O–H groups in total. The van der Waals surface area contributed by atoms with Crippen molar-refractivity contribution in [3.05, 3.63) is 29.3 Å². The van der Waals surface area contributed by atoms with Gasteiger partial charge in [-0.3, -0.25) is 0 Å². The Labute approximate surface area is 102 Å². The molecule has 0 bridgehead atoms. The highest BCUT2D eigenvalue weighted by molar-refractivity contribution is 7.88. The summed E-state index contributed by atoms with van der Waals surface area (Å²) >= 11 is 0. The summed E-state index contributed by atoms with van der Waals surface area (Å²) in [5.74, 6) is 0.820. The molecule has 0 amide bonds. The standard InChI is InChI=1S/C12H17NO3S/c1-9-4-10(2)6-11(5-9)16-12-7-13(8-12)17(3,14)15/h4-6,12H,7-8H2,1-3H3. The number of sulfonamides is 1. The van der Waals surface area contributed by atoms with Gasteiger partial charge in [0.25, 0.3) is 0 Å². The Kier molecular flexibility index (Phi) is 3.14. The molecule has 4 nitrogen and oxygen atoms in total. The molecule has 17 heavy (non-hydrogen) atoms. The average molecular weight is 255 g/mol. The van der Waals surface area contributed by atoms with Gasteiger partial charge in [-0.05, 0) is 37.1 Å². The van der Waals surface area contributed by atoms with Crippen LogP contribution in [0.3, 0.4) is 0 Å². The Morgan fingerprint density at radius 2 is 1.71 bits per heavy atom. The third-order valence-corrected chi connectivity index (χ3v) is 4.02. The largest absolute Gasteiger partial charge is 0.488 e. The average Bonchev–Trinajstić information content (AvgIpc) is 2.06. The van der Waals surface area contributed by atoms with E-state index in [9.17, 15) is 8.42 Å². The van der Waals surface area contributed by atoms with Gasteiger partial charge in [0, 0.05) is 0 Å². The Hall–Kier alpha value is -1.07. The fraction of sp³-hybridized carbons (Fsp3) is 0.500. The van der Waals surface area contributed by atoms with E-state index in [1.165, 1.54) is 10.6 Å². The van der Waals surface area contributed by atoms with Gasteiger partial charge >= 0.3 is 0 Å². The number of hydrogen-bond donors (Lipinski definition) is 0. The van der Waals surface area contributed by atoms with E-state index in [1.807, 2.05) is 26.0 Å². The molecule has 94 valence electrons. The van der Waals surface area contributed by atoms with Crippen LogP contribution >= 0.6 is 0 Å². The maximum absolute atomic E-state index is 11.2. The smallest absolute Gasteiger partial charge is 0.211 e. The predicted octanol–water partition coefficient (Wildman–Crippen LogP) is 1.33. The van der Waals surface area contributed by atoms with Gasteiger partial charge in [-0.15, -0.1) is 0 Å². The van der Waals surface area contributed by atoms with Crippen LogP contribution in [-0.4, -0.2) is 38.2 Å². The third-order valence-electron chi connectivity index (χ3n) is 2.78. The molecule has 0 atom stereocenters. The van der Waals surface area contributed by atoms with Crippen molar-refractivity contribution in [2.75, 3.05) is 19.3 Å². The van der Waals surface area contributed by atoms with Crippen LogP contribution in [0.4, 0.5) is 0 Å². The highest BCUT2D eigenvalue weighted by Gasteiger charge is 2.34. The van der Waals surface area contributed by atoms with Gasteiger partial charge in [0.15, 0.2) is 0 Å². The Bertz CT molecular complexity index is 498. The first kappa shape index (κ1) is 12.4. The molecule has 1 aliphatic heterocycles. The van der Waals surface area contributed by atoms with Gasteiger partial charge in [-0.1, -0.05) is 6.07 Å². The van der Waals surface area contributed by atoms with Gasteiger partial charge in [-0.25, -0.2) is 8.42 Å². The molecule has 1 saturated heterocycles. The SMILES string of the molecule is Cc1cc(C)cc(OC2CN(S(C)(=O)=O)C2)c1. The summed E-state index contributed by atoms with van der Waals surface area (Å²) in [6.45, 7) is 4.94. The van der Waals surface area contributed by atoms with Crippen molar-refractivity contribution in [1.29, 1.82) is 0 Å². The zero-order valence-corrected chi connectivity index (χ0v) is 11.1. The molecular weight excluding hydrogens is 238 g/mol. The van der Waals surface area contributed by atoms with Gasteiger partial charge < -0.3 is 4.74 Å². The second-order valence-corrected chi connectivity index (χ2v) is 6.63. The van der Waals surface area contributed by atoms with E-state index in [4.69, 9.17) is 4.74 Å². The topological polar surface area (TPSA) is 46.6 Å². The van der Waals surface area contributed by atoms with Crippen LogP contribution < -0.4 is 4.74 Å². The summed E-state index contributed by atoms with van der Waals surface area (Å²) in [6, 6.07) is 6.02. The van der Waals surface area contributed by atoms with Crippen LogP contribution in [0.2, 0.25) is 0 Å². The fourth-order valence-corrected chi connectivity index (χ4v) is 2.81. The summed E-state index contributed by atoms with van der Waals surface area (Å²) in [6.07, 6.45) is 1.20. The van der Waals surface area contributed by atoms with Crippen molar-refractivity contribution >= 4 is 10.0 Å². The van der Waals surface area contributed by atoms with Crippen molar-refractivity contribution < 1.29 is 13.2 Å². The molecule has 1 fully saturated rings. The van der Waals surface area contributed by atoms with Crippen LogP contribution in [0, 0.1) is 13.8 Å². The normalized spacial score (nSPS) is 17.8. The van der Waals surface area contributed by atoms with Gasteiger partial charge in [0.05, 0.1) is 19.3 Å². The first-order valence-corrected chi connectivity index (χ1v) is 7.39. The third kappa shape index (κ3) is 2.98. The minimum atomic E-state index is -3.05. The Morgan fingerprint density at radius 3 is 2.18 bits per heavy atom. The Morgan fingerprint density at radius 1 is 1.18 bits per heavy atom. The van der Waals surface area contributed by atoms with E-state index in [0.29, 0.717) is 13.1 Å². The van der Waals surface area contributed by atoms with Crippen LogP contribution in [0.5, 0.6) is 5.75 Å². The van der Waals surface area contributed by atoms with Crippen molar-refractivity contribution in [3.63, 3.8) is 0 Å². The molecule has 1 aliphatic rings. The van der Waals surface area contributed by atoms with E-state index < -0.39 is 10.0 Å². The minimum Gasteiger partial charge on any atom is -0.488 e. The minimum absolute atomic E-state index is 0.0223. The second-order valence-electron chi connectivity index (χ2n) is 4.64. The lowest BCUT2D eigenvalue weighted by Gasteiger charge is -2.37. The molecule has 0 saturated carbocycles. The van der Waals surface area contributed by atoms with Gasteiger partial charge in [0.1, 0.15) is 11.9 Å². The number of benzene rings is 1. The van der Waals surface area contributed by atoms with E-state index in [0.717, 1.165) is 16.9 Å². The molecule has 2 rings (SSSR count). The molecule has 1 aromatic carbocycles. The molecule has 1 heterocycles. The summed E-state index contributed by atoms with van der Waals surface area (Å²) in [5, 5.41) is 0. The number of ether oxygens (including phenoxy) is 1. The summed E-state index contributed by atoms with van der Waals surface area (Å²) in [7, 11) is -3.05. The van der Waals surface area contributed by atoms with E-state index >= 15 is 0 Å². The lowest BCUT2D eigenvalue weighted by Crippen LogP contribution is -2.55. The lowest BCUT2D eigenvalue weighted by molar-refractivity contribution is 0.0766. The Balaban J connectivity index is 1.96. The first-order chi connectivity index (χ1) is 7.84. The van der Waals surface area contributed by atoms with Crippen molar-refractivity contribution in [3.8, 4) is 5.75 Å². The highest BCUT2D eigenvalue weighted by Crippen LogP contribution is 2.22. The summed E-state index contributed by atoms with van der Waals surface area (Å²) < 4.78 is 29.5. The number of rotatable bonds is 3. The predicted molar refractivity (Wildman–Crippen MR) is 66.7 cm³/mol. The van der Waals surface area contributed by atoms with Crippen LogP contribution in [0.15, 0.2) is 18.2 Å². The van der Waals surface area contributed by atoms with E-state index in [-0.39, 0.29) is 6.10 Å². The van der Waals surface area contributed by atoms with Crippen LogP contribution in [0.1, 0.15) is 11.1 Å². The molecule has 0 aromatic heterocycles. The maximum atomic E-state index is 11.2. The fourth-order valence-electron chi connectivity index (χ4n) is 1.94. The summed E-state index contributed by atoms with van der Waals surface area (Å²) in [5.41, 5.74) is 2.30. The van der Waals surface area contributed by atoms with Crippen molar-refractivity contribution in [2.45, 2.75) is 20.0 Å². The number of hydrogen-bond acceptors (Lipinski definition) is 3. The zero-order valence-electron chi connectivity index (χ0n) is 10.3. The molecule has 0 unspecified atom stereocenters. The molecular formula is C12H17NO3S. The quantitative estimate of drug-likeness (QED) is 0.818. The van der Waals surface area contributed by atoms with Crippen molar-refractivity contribution in [1.82, 2.24) is 4.31 Å². The van der Waals surface area contributed by atoms with Gasteiger partial charge in [-0.2, -0.15) is 4.31 Å². The molecule has 1 aromatic rings. The zero-order chi connectivity index (χ0) is 12.6. The van der Waals surface area contributed by atoms with Gasteiger partial charge in [0.2, 0.25) is 10.0 Å². The molecule has 5 heteroatoms. The monoisotopic (exact) mass is 255 g/mol. The lowest BCUT2D eigenvalue weighted by atomic mass is 10.1. The summed E-state index contributed by atoms with van der Waals surface area (Å²) in [4.78, 5) is 0. The van der Waals surface area contributed by atoms with E-state index in [1.54, 1.807) is 0 Å².